The molecule has 6 fully saturated rings. The molecule has 0 aromatic rings. The van der Waals surface area contributed by atoms with E-state index in [9.17, 15) is 0 Å². The molecule has 0 heterocycles. The third-order valence-electron chi connectivity index (χ3n) is 7.19. The van der Waals surface area contributed by atoms with Crippen molar-refractivity contribution in [3.63, 3.8) is 0 Å². The highest BCUT2D eigenvalue weighted by atomic mass is 14.9. The van der Waals surface area contributed by atoms with Crippen molar-refractivity contribution in [2.75, 3.05) is 0 Å². The van der Waals surface area contributed by atoms with Crippen LogP contribution < -0.4 is 0 Å². The maximum absolute atomic E-state index is 2.58. The van der Waals surface area contributed by atoms with Crippen molar-refractivity contribution in [3.8, 4) is 0 Å². The molecule has 7 aliphatic carbocycles. The van der Waals surface area contributed by atoms with E-state index in [4.69, 9.17) is 0 Å². The maximum atomic E-state index is 2.58. The molecule has 7 aliphatic rings. The fraction of sp³-hybridized carbons (Fsp3) is 0.857. The van der Waals surface area contributed by atoms with Crippen LogP contribution in [-0.2, 0) is 0 Å². The third kappa shape index (κ3) is 0.392. The van der Waals surface area contributed by atoms with Crippen molar-refractivity contribution in [2.45, 2.75) is 12.8 Å². The predicted molar refractivity (Wildman–Crippen MR) is 53.3 cm³/mol. The van der Waals surface area contributed by atoms with Gasteiger partial charge in [0.1, 0.15) is 0 Å². The Bertz CT molecular complexity index is 349. The average molecular weight is 184 g/mol. The van der Waals surface area contributed by atoms with Crippen LogP contribution in [0.1, 0.15) is 12.8 Å². The summed E-state index contributed by atoms with van der Waals surface area (Å²) in [5, 5.41) is 0. The summed E-state index contributed by atoms with van der Waals surface area (Å²) in [4.78, 5) is 0. The van der Waals surface area contributed by atoms with Crippen LogP contribution in [0.3, 0.4) is 0 Å². The third-order valence-corrected chi connectivity index (χ3v) is 7.19. The summed E-state index contributed by atoms with van der Waals surface area (Å²) >= 11 is 0. The zero-order chi connectivity index (χ0) is 8.60. The van der Waals surface area contributed by atoms with Crippen molar-refractivity contribution in [2.24, 2.45) is 59.2 Å². The molecule has 0 spiro atoms. The van der Waals surface area contributed by atoms with Crippen LogP contribution in [0, 0.1) is 59.2 Å². The van der Waals surface area contributed by atoms with Gasteiger partial charge in [-0.15, -0.1) is 0 Å². The van der Waals surface area contributed by atoms with Crippen LogP contribution >= 0.6 is 0 Å². The Balaban J connectivity index is 1.62. The van der Waals surface area contributed by atoms with E-state index in [1.54, 1.807) is 12.8 Å². The molecule has 0 unspecified atom stereocenters. The van der Waals surface area contributed by atoms with E-state index >= 15 is 0 Å². The number of hydrogen-bond donors (Lipinski definition) is 0. The fourth-order valence-corrected chi connectivity index (χ4v) is 7.35. The summed E-state index contributed by atoms with van der Waals surface area (Å²) < 4.78 is 0. The molecule has 0 saturated heterocycles. The minimum atomic E-state index is 1.04. The first-order valence-corrected chi connectivity index (χ1v) is 6.63. The van der Waals surface area contributed by atoms with Gasteiger partial charge in [0.2, 0.25) is 0 Å². The highest BCUT2D eigenvalue weighted by Crippen LogP contribution is 2.86. The first kappa shape index (κ1) is 6.35. The Kier molecular flexibility index (Phi) is 0.700. The molecule has 8 bridgehead atoms. The number of allylic oxidation sites excluding steroid dienone is 2. The molecule has 0 aliphatic heterocycles. The molecule has 0 amide bonds. The predicted octanol–water partition coefficient (Wildman–Crippen LogP) is 2.57. The molecule has 0 aromatic heterocycles. The highest BCUT2D eigenvalue weighted by molar-refractivity contribution is 5.32. The van der Waals surface area contributed by atoms with E-state index in [2.05, 4.69) is 12.2 Å². The Morgan fingerprint density at radius 1 is 0.571 bits per heavy atom. The molecule has 0 nitrogen and oxygen atoms in total. The van der Waals surface area contributed by atoms with Gasteiger partial charge >= 0.3 is 0 Å². The Labute approximate surface area is 84.8 Å². The fourth-order valence-electron chi connectivity index (χ4n) is 7.35. The standard InChI is InChI=1S/C14H16/c1-2-6-3-5(1)9-10(6)12-7-4-8-13(11(7)9)14(8)12/h1-2,5-14H,3-4H2. The molecule has 7 rings (SSSR count). The van der Waals surface area contributed by atoms with E-state index in [1.165, 1.54) is 47.3 Å². The number of rotatable bonds is 0. The van der Waals surface area contributed by atoms with Crippen LogP contribution in [0.25, 0.3) is 0 Å². The molecular weight excluding hydrogens is 168 g/mol. The van der Waals surface area contributed by atoms with E-state index < -0.39 is 0 Å². The van der Waals surface area contributed by atoms with Crippen molar-refractivity contribution < 1.29 is 0 Å². The van der Waals surface area contributed by atoms with Gasteiger partial charge in [-0.25, -0.2) is 0 Å². The molecule has 14 heavy (non-hydrogen) atoms. The van der Waals surface area contributed by atoms with Gasteiger partial charge in [-0.1, -0.05) is 12.2 Å². The monoisotopic (exact) mass is 184 g/mol. The van der Waals surface area contributed by atoms with Gasteiger partial charge in [0, 0.05) is 0 Å². The van der Waals surface area contributed by atoms with E-state index in [0.717, 1.165) is 11.8 Å². The second-order valence-electron chi connectivity index (χ2n) is 6.98. The summed E-state index contributed by atoms with van der Waals surface area (Å²) in [6.07, 6.45) is 8.39. The quantitative estimate of drug-likeness (QED) is 0.508. The minimum Gasteiger partial charge on any atom is -0.0848 e. The van der Waals surface area contributed by atoms with E-state index in [-0.39, 0.29) is 0 Å². The van der Waals surface area contributed by atoms with Crippen molar-refractivity contribution in [1.82, 2.24) is 0 Å². The molecular formula is C14H16. The summed E-state index contributed by atoms with van der Waals surface area (Å²) in [6, 6.07) is 0. The highest BCUT2D eigenvalue weighted by Gasteiger charge is 2.82. The van der Waals surface area contributed by atoms with E-state index in [1.807, 2.05) is 0 Å². The Morgan fingerprint density at radius 3 is 1.57 bits per heavy atom. The van der Waals surface area contributed by atoms with Crippen LogP contribution in [-0.4, -0.2) is 0 Å². The van der Waals surface area contributed by atoms with Crippen molar-refractivity contribution in [3.05, 3.63) is 12.2 Å². The first-order valence-electron chi connectivity index (χ1n) is 6.63. The second-order valence-corrected chi connectivity index (χ2v) is 6.98. The Hall–Kier alpha value is -0.260. The molecule has 0 aromatic carbocycles. The summed E-state index contributed by atoms with van der Waals surface area (Å²) in [5.74, 6) is 11.9. The Morgan fingerprint density at radius 2 is 1.07 bits per heavy atom. The summed E-state index contributed by atoms with van der Waals surface area (Å²) in [5.41, 5.74) is 0. The normalized spacial score (nSPS) is 82.9. The molecule has 0 N–H and O–H groups in total. The minimum absolute atomic E-state index is 1.04. The van der Waals surface area contributed by atoms with Gasteiger partial charge in [0.25, 0.3) is 0 Å². The van der Waals surface area contributed by atoms with Gasteiger partial charge in [0.15, 0.2) is 0 Å². The van der Waals surface area contributed by atoms with Gasteiger partial charge in [-0.05, 0) is 72.0 Å². The van der Waals surface area contributed by atoms with Crippen LogP contribution in [0.2, 0.25) is 0 Å². The van der Waals surface area contributed by atoms with Crippen LogP contribution in [0.5, 0.6) is 0 Å². The molecule has 0 radical (unpaired) electrons. The summed E-state index contributed by atoms with van der Waals surface area (Å²) in [7, 11) is 0. The van der Waals surface area contributed by atoms with Gasteiger partial charge in [-0.3, -0.25) is 0 Å². The molecule has 72 valence electrons. The van der Waals surface area contributed by atoms with Crippen LogP contribution in [0.4, 0.5) is 0 Å². The van der Waals surface area contributed by atoms with Crippen molar-refractivity contribution >= 4 is 0 Å². The van der Waals surface area contributed by atoms with Gasteiger partial charge in [-0.2, -0.15) is 0 Å². The first-order chi connectivity index (χ1) is 6.95. The zero-order valence-corrected chi connectivity index (χ0v) is 8.34. The lowest BCUT2D eigenvalue weighted by Gasteiger charge is -2.31. The van der Waals surface area contributed by atoms with Crippen LogP contribution in [0.15, 0.2) is 12.2 Å². The molecule has 6 saturated carbocycles. The zero-order valence-electron chi connectivity index (χ0n) is 8.34. The van der Waals surface area contributed by atoms with Gasteiger partial charge < -0.3 is 0 Å². The number of hydrogen-bond acceptors (Lipinski definition) is 0. The summed E-state index contributed by atoms with van der Waals surface area (Å²) in [6.45, 7) is 0. The lowest BCUT2D eigenvalue weighted by atomic mass is 9.73. The average Bonchev–Trinajstić information content (AvgIpc) is 2.80. The SMILES string of the molecule is C1=CC2CC1C1C2C2C3CC4C(C31)C42. The number of fused-ring (bicyclic) bond motifs is 5. The largest absolute Gasteiger partial charge is 0.0848 e. The van der Waals surface area contributed by atoms with E-state index in [0.29, 0.717) is 0 Å². The lowest BCUT2D eigenvalue weighted by molar-refractivity contribution is 0.196. The lowest BCUT2D eigenvalue weighted by Crippen LogP contribution is -2.27. The smallest absolute Gasteiger partial charge is 0.0194 e. The molecule has 0 heteroatoms. The maximum Gasteiger partial charge on any atom is -0.0194 e. The van der Waals surface area contributed by atoms with Crippen molar-refractivity contribution in [1.29, 1.82) is 0 Å². The topological polar surface area (TPSA) is 0 Å². The molecule has 0 atom stereocenters. The van der Waals surface area contributed by atoms with Gasteiger partial charge in [0.05, 0.1) is 0 Å². The second kappa shape index (κ2) is 1.54.